The SMILES string of the molecule is C[C@H]1Cn2ncc(N3CC(C(=O)N4CC[C@H](O)C4)CC3=O)c2CN1C(=O)Nc1cc(F)c(F)c(F)c1. The lowest BCUT2D eigenvalue weighted by atomic mass is 10.1. The van der Waals surface area contributed by atoms with Gasteiger partial charge in [-0.3, -0.25) is 14.3 Å². The number of likely N-dealkylation sites (tertiary alicyclic amines) is 1. The van der Waals surface area contributed by atoms with E-state index in [1.807, 2.05) is 0 Å². The molecule has 13 heteroatoms. The molecule has 0 radical (unpaired) electrons. The van der Waals surface area contributed by atoms with E-state index in [1.165, 1.54) is 16.0 Å². The van der Waals surface area contributed by atoms with Gasteiger partial charge in [-0.2, -0.15) is 5.10 Å². The van der Waals surface area contributed by atoms with Crippen molar-refractivity contribution in [2.24, 2.45) is 5.92 Å². The van der Waals surface area contributed by atoms with Crippen LogP contribution in [0.5, 0.6) is 0 Å². The molecule has 0 aliphatic carbocycles. The maximum absolute atomic E-state index is 13.6. The number of hydrogen-bond donors (Lipinski definition) is 2. The van der Waals surface area contributed by atoms with Crippen LogP contribution >= 0.6 is 0 Å². The van der Waals surface area contributed by atoms with Crippen molar-refractivity contribution in [3.8, 4) is 0 Å². The van der Waals surface area contributed by atoms with Gasteiger partial charge in [0, 0.05) is 43.9 Å². The first-order valence-electron chi connectivity index (χ1n) is 11.7. The van der Waals surface area contributed by atoms with E-state index in [2.05, 4.69) is 10.4 Å². The highest BCUT2D eigenvalue weighted by atomic mass is 19.2. The van der Waals surface area contributed by atoms with Crippen molar-refractivity contribution in [1.82, 2.24) is 19.6 Å². The number of benzene rings is 1. The van der Waals surface area contributed by atoms with Gasteiger partial charge in [0.15, 0.2) is 17.5 Å². The molecule has 4 amide bonds. The van der Waals surface area contributed by atoms with Crippen LogP contribution < -0.4 is 10.2 Å². The van der Waals surface area contributed by atoms with E-state index < -0.39 is 35.5 Å². The Kier molecular flexibility index (Phi) is 6.10. The molecule has 10 nitrogen and oxygen atoms in total. The molecule has 4 heterocycles. The molecule has 0 bridgehead atoms. The Morgan fingerprint density at radius 2 is 1.86 bits per heavy atom. The molecule has 2 saturated heterocycles. The molecule has 0 saturated carbocycles. The van der Waals surface area contributed by atoms with Gasteiger partial charge in [0.1, 0.15) is 0 Å². The van der Waals surface area contributed by atoms with Crippen LogP contribution in [-0.4, -0.2) is 74.3 Å². The predicted octanol–water partition coefficient (Wildman–Crippen LogP) is 1.68. The number of fused-ring (bicyclic) bond motifs is 1. The topological polar surface area (TPSA) is 111 Å². The first-order chi connectivity index (χ1) is 17.1. The summed E-state index contributed by atoms with van der Waals surface area (Å²) in [6.07, 6.45) is 1.53. The Morgan fingerprint density at radius 1 is 1.14 bits per heavy atom. The van der Waals surface area contributed by atoms with Crippen LogP contribution in [0.25, 0.3) is 0 Å². The summed E-state index contributed by atoms with van der Waals surface area (Å²) in [5.41, 5.74) is 0.837. The second kappa shape index (κ2) is 9.12. The summed E-state index contributed by atoms with van der Waals surface area (Å²) in [6, 6.07) is 0.394. The van der Waals surface area contributed by atoms with Gasteiger partial charge in [0.25, 0.3) is 0 Å². The Balaban J connectivity index is 1.32. The number of rotatable bonds is 3. The summed E-state index contributed by atoms with van der Waals surface area (Å²) in [5, 5.41) is 16.5. The zero-order valence-electron chi connectivity index (χ0n) is 19.5. The molecule has 2 N–H and O–H groups in total. The third-order valence-electron chi connectivity index (χ3n) is 6.95. The van der Waals surface area contributed by atoms with Crippen molar-refractivity contribution in [1.29, 1.82) is 0 Å². The smallest absolute Gasteiger partial charge is 0.322 e. The fraction of sp³-hybridized carbons (Fsp3) is 0.478. The van der Waals surface area contributed by atoms with Crippen LogP contribution in [0.1, 0.15) is 25.5 Å². The van der Waals surface area contributed by atoms with E-state index in [1.54, 1.807) is 16.5 Å². The van der Waals surface area contributed by atoms with Crippen LogP contribution in [-0.2, 0) is 22.7 Å². The Hall–Kier alpha value is -3.61. The van der Waals surface area contributed by atoms with Crippen LogP contribution in [0.4, 0.5) is 29.3 Å². The highest BCUT2D eigenvalue weighted by Crippen LogP contribution is 2.33. The number of nitrogens with zero attached hydrogens (tertiary/aromatic N) is 5. The number of amides is 4. The third-order valence-corrected chi connectivity index (χ3v) is 6.95. The number of nitrogens with one attached hydrogen (secondary N) is 1. The lowest BCUT2D eigenvalue weighted by Gasteiger charge is -2.35. The van der Waals surface area contributed by atoms with E-state index >= 15 is 0 Å². The summed E-state index contributed by atoms with van der Waals surface area (Å²) < 4.78 is 42.1. The molecule has 0 spiro atoms. The summed E-state index contributed by atoms with van der Waals surface area (Å²) in [7, 11) is 0. The quantitative estimate of drug-likeness (QED) is 0.616. The van der Waals surface area contributed by atoms with Gasteiger partial charge in [-0.25, -0.2) is 18.0 Å². The average Bonchev–Trinajstić information content (AvgIpc) is 3.54. The van der Waals surface area contributed by atoms with Gasteiger partial charge in [-0.15, -0.1) is 0 Å². The molecule has 3 atom stereocenters. The molecular weight excluding hydrogens is 481 g/mol. The van der Waals surface area contributed by atoms with Gasteiger partial charge in [-0.05, 0) is 13.3 Å². The minimum Gasteiger partial charge on any atom is -0.391 e. The van der Waals surface area contributed by atoms with Crippen molar-refractivity contribution in [2.45, 2.75) is 45.0 Å². The number of β-amino-alcohol motifs (C(OH)–C–C–N with tert-alkyl or cyclic N) is 1. The fourth-order valence-corrected chi connectivity index (χ4v) is 5.01. The molecular formula is C23H25F3N6O4. The lowest BCUT2D eigenvalue weighted by molar-refractivity contribution is -0.135. The van der Waals surface area contributed by atoms with Crippen molar-refractivity contribution in [2.75, 3.05) is 29.9 Å². The van der Waals surface area contributed by atoms with Crippen molar-refractivity contribution < 1.29 is 32.7 Å². The number of urea groups is 1. The highest BCUT2D eigenvalue weighted by Gasteiger charge is 2.41. The van der Waals surface area contributed by atoms with Crippen LogP contribution in [0.2, 0.25) is 0 Å². The minimum atomic E-state index is -1.62. The Bertz CT molecular complexity index is 1210. The lowest BCUT2D eigenvalue weighted by Crippen LogP contribution is -2.47. The maximum Gasteiger partial charge on any atom is 0.322 e. The van der Waals surface area contributed by atoms with Crippen molar-refractivity contribution in [3.63, 3.8) is 0 Å². The van der Waals surface area contributed by atoms with E-state index in [-0.39, 0.29) is 49.6 Å². The molecule has 1 aromatic heterocycles. The second-order valence-electron chi connectivity index (χ2n) is 9.45. The second-order valence-corrected chi connectivity index (χ2v) is 9.45. The summed E-state index contributed by atoms with van der Waals surface area (Å²) >= 11 is 0. The number of carbonyl (C=O) groups is 3. The number of halogens is 3. The van der Waals surface area contributed by atoms with Crippen molar-refractivity contribution in [3.05, 3.63) is 41.5 Å². The monoisotopic (exact) mass is 506 g/mol. The van der Waals surface area contributed by atoms with E-state index in [0.29, 0.717) is 43.0 Å². The Labute approximate surface area is 204 Å². The van der Waals surface area contributed by atoms with Gasteiger partial charge < -0.3 is 25.1 Å². The normalized spacial score (nSPS) is 23.9. The van der Waals surface area contributed by atoms with E-state index in [9.17, 15) is 32.7 Å². The van der Waals surface area contributed by atoms with Crippen LogP contribution in [0.3, 0.4) is 0 Å². The van der Waals surface area contributed by atoms with Gasteiger partial charge >= 0.3 is 6.03 Å². The predicted molar refractivity (Wildman–Crippen MR) is 120 cm³/mol. The molecule has 36 heavy (non-hydrogen) atoms. The molecule has 1 unspecified atom stereocenters. The molecule has 2 fully saturated rings. The number of aliphatic hydroxyl groups excluding tert-OH is 1. The third kappa shape index (κ3) is 4.27. The summed E-state index contributed by atoms with van der Waals surface area (Å²) in [4.78, 5) is 43.1. The fourth-order valence-electron chi connectivity index (χ4n) is 5.01. The first-order valence-corrected chi connectivity index (χ1v) is 11.7. The molecule has 3 aliphatic rings. The number of hydrogen-bond acceptors (Lipinski definition) is 5. The zero-order valence-corrected chi connectivity index (χ0v) is 19.5. The standard InChI is InChI=1S/C23H25F3N6O4/c1-12-8-32-19(11-30(12)23(36)28-14-5-16(24)21(26)17(25)6-14)18(7-27-32)31-9-13(4-20(31)34)22(35)29-3-2-15(33)10-29/h5-7,12-13,15,33H,2-4,8-11H2,1H3,(H,28,36)/t12-,13?,15-/m0/s1. The Morgan fingerprint density at radius 3 is 2.53 bits per heavy atom. The molecule has 1 aromatic carbocycles. The number of carbonyl (C=O) groups excluding carboxylic acids is 3. The number of aliphatic hydroxyl groups is 1. The summed E-state index contributed by atoms with van der Waals surface area (Å²) in [6.45, 7) is 3.02. The minimum absolute atomic E-state index is 0.0400. The van der Waals surface area contributed by atoms with Gasteiger partial charge in [0.05, 0.1) is 48.7 Å². The molecule has 2 aromatic rings. The zero-order chi connectivity index (χ0) is 25.7. The van der Waals surface area contributed by atoms with Crippen LogP contribution in [0.15, 0.2) is 18.3 Å². The molecule has 192 valence electrons. The molecule has 3 aliphatic heterocycles. The van der Waals surface area contributed by atoms with Gasteiger partial charge in [-0.1, -0.05) is 0 Å². The average molecular weight is 506 g/mol. The van der Waals surface area contributed by atoms with Gasteiger partial charge in [0.2, 0.25) is 11.8 Å². The van der Waals surface area contributed by atoms with E-state index in [4.69, 9.17) is 0 Å². The first kappa shape index (κ1) is 24.1. The molecule has 5 rings (SSSR count). The van der Waals surface area contributed by atoms with Crippen LogP contribution in [0, 0.1) is 23.4 Å². The van der Waals surface area contributed by atoms with E-state index in [0.717, 1.165) is 0 Å². The largest absolute Gasteiger partial charge is 0.391 e. The van der Waals surface area contributed by atoms with Crippen molar-refractivity contribution >= 4 is 29.2 Å². The summed E-state index contributed by atoms with van der Waals surface area (Å²) in [5.74, 6) is -5.41. The maximum atomic E-state index is 13.6. The number of aromatic nitrogens is 2. The highest BCUT2D eigenvalue weighted by molar-refractivity contribution is 6.00. The number of anilines is 2.